The Morgan fingerprint density at radius 1 is 1.04 bits per heavy atom. The maximum Gasteiger partial charge on any atom is 0.0578 e. The molecule has 0 saturated heterocycles. The Hall–Kier alpha value is -0.820. The summed E-state index contributed by atoms with van der Waals surface area (Å²) in [5.74, 6) is 3.78. The van der Waals surface area contributed by atoms with Crippen LogP contribution in [0, 0.1) is 40.4 Å². The van der Waals surface area contributed by atoms with E-state index in [9.17, 15) is 5.11 Å². The molecule has 1 N–H and O–H groups in total. The van der Waals surface area contributed by atoms with Crippen molar-refractivity contribution < 1.29 is 5.11 Å². The van der Waals surface area contributed by atoms with Gasteiger partial charge < -0.3 is 5.11 Å². The molecule has 0 aromatic heterocycles. The van der Waals surface area contributed by atoms with Gasteiger partial charge in [0.1, 0.15) is 0 Å². The fourth-order valence-electron chi connectivity index (χ4n) is 7.59. The Balaban J connectivity index is 1.57. The van der Waals surface area contributed by atoms with E-state index in [2.05, 4.69) is 58.9 Å². The first-order chi connectivity index (χ1) is 13.3. The van der Waals surface area contributed by atoms with Gasteiger partial charge in [-0.1, -0.05) is 70.1 Å². The largest absolute Gasteiger partial charge is 0.393 e. The van der Waals surface area contributed by atoms with Crippen LogP contribution in [0.2, 0.25) is 0 Å². The molecule has 0 aliphatic heterocycles. The van der Waals surface area contributed by atoms with E-state index in [4.69, 9.17) is 0 Å². The Morgan fingerprint density at radius 2 is 1.82 bits per heavy atom. The first-order valence-electron chi connectivity index (χ1n) is 12.0. The van der Waals surface area contributed by atoms with Crippen molar-refractivity contribution in [1.29, 1.82) is 0 Å². The van der Waals surface area contributed by atoms with Crippen LogP contribution in [0.5, 0.6) is 0 Å². The first kappa shape index (κ1) is 20.5. The Labute approximate surface area is 173 Å². The van der Waals surface area contributed by atoms with Crippen LogP contribution < -0.4 is 0 Å². The second kappa shape index (κ2) is 7.46. The molecule has 0 radical (unpaired) electrons. The fraction of sp³-hybridized carbons (Fsp3) is 0.778. The SMILES string of the molecule is CC(C)CC=C[C@@H](C)[C@H]1CC[C@H]2C3=CC=C4CC(O)CC[C@]4(C)[C@H]3CC[C@]12C. The molecule has 4 rings (SSSR count). The smallest absolute Gasteiger partial charge is 0.0578 e. The van der Waals surface area contributed by atoms with Gasteiger partial charge in [0, 0.05) is 0 Å². The molecule has 0 aromatic carbocycles. The number of rotatable bonds is 4. The van der Waals surface area contributed by atoms with Crippen LogP contribution in [0.15, 0.2) is 35.5 Å². The van der Waals surface area contributed by atoms with Crippen molar-refractivity contribution in [3.05, 3.63) is 35.5 Å². The summed E-state index contributed by atoms with van der Waals surface area (Å²) in [5, 5.41) is 10.2. The van der Waals surface area contributed by atoms with Gasteiger partial charge in [-0.05, 0) is 91.8 Å². The third-order valence-electron chi connectivity index (χ3n) is 9.30. The minimum absolute atomic E-state index is 0.113. The summed E-state index contributed by atoms with van der Waals surface area (Å²) in [5.41, 5.74) is 4.09. The highest BCUT2D eigenvalue weighted by Gasteiger charge is 2.56. The number of hydrogen-bond donors (Lipinski definition) is 1. The van der Waals surface area contributed by atoms with E-state index in [0.717, 1.165) is 36.5 Å². The number of aliphatic hydroxyl groups is 1. The van der Waals surface area contributed by atoms with Gasteiger partial charge in [-0.25, -0.2) is 0 Å². The molecule has 0 spiro atoms. The predicted molar refractivity (Wildman–Crippen MR) is 119 cm³/mol. The molecule has 3 fully saturated rings. The van der Waals surface area contributed by atoms with Crippen LogP contribution in [0.1, 0.15) is 86.0 Å². The lowest BCUT2D eigenvalue weighted by molar-refractivity contribution is 0.0383. The summed E-state index contributed by atoms with van der Waals surface area (Å²) in [6.45, 7) is 12.2. The highest BCUT2D eigenvalue weighted by atomic mass is 16.3. The number of hydrogen-bond acceptors (Lipinski definition) is 1. The summed E-state index contributed by atoms with van der Waals surface area (Å²) in [7, 11) is 0. The maximum absolute atomic E-state index is 10.2. The van der Waals surface area contributed by atoms with Crippen molar-refractivity contribution in [2.75, 3.05) is 0 Å². The van der Waals surface area contributed by atoms with E-state index in [1.165, 1.54) is 44.1 Å². The molecule has 28 heavy (non-hydrogen) atoms. The molecule has 3 saturated carbocycles. The molecular weight excluding hydrogens is 340 g/mol. The zero-order chi connectivity index (χ0) is 20.1. The Bertz CT molecular complexity index is 682. The molecule has 7 atom stereocenters. The van der Waals surface area contributed by atoms with Gasteiger partial charge in [0.15, 0.2) is 0 Å². The molecule has 1 heteroatoms. The van der Waals surface area contributed by atoms with Gasteiger partial charge in [-0.2, -0.15) is 0 Å². The Morgan fingerprint density at radius 3 is 2.57 bits per heavy atom. The van der Waals surface area contributed by atoms with Crippen LogP contribution >= 0.6 is 0 Å². The maximum atomic E-state index is 10.2. The van der Waals surface area contributed by atoms with Crippen LogP contribution in [0.3, 0.4) is 0 Å². The van der Waals surface area contributed by atoms with Crippen LogP contribution in [0.25, 0.3) is 0 Å². The van der Waals surface area contributed by atoms with Crippen molar-refractivity contribution in [3.63, 3.8) is 0 Å². The minimum atomic E-state index is -0.113. The lowest BCUT2D eigenvalue weighted by Gasteiger charge is -2.55. The van der Waals surface area contributed by atoms with Gasteiger partial charge >= 0.3 is 0 Å². The summed E-state index contributed by atoms with van der Waals surface area (Å²) in [4.78, 5) is 0. The summed E-state index contributed by atoms with van der Waals surface area (Å²) < 4.78 is 0. The van der Waals surface area contributed by atoms with E-state index in [-0.39, 0.29) is 6.10 Å². The van der Waals surface area contributed by atoms with Gasteiger partial charge in [0.25, 0.3) is 0 Å². The first-order valence-corrected chi connectivity index (χ1v) is 12.0. The third kappa shape index (κ3) is 3.26. The van der Waals surface area contributed by atoms with E-state index in [1.54, 1.807) is 5.57 Å². The van der Waals surface area contributed by atoms with Gasteiger partial charge in [0.2, 0.25) is 0 Å². The van der Waals surface area contributed by atoms with Gasteiger partial charge in [-0.3, -0.25) is 0 Å². The summed E-state index contributed by atoms with van der Waals surface area (Å²) in [6, 6.07) is 0. The van der Waals surface area contributed by atoms with Crippen molar-refractivity contribution in [1.82, 2.24) is 0 Å². The zero-order valence-corrected chi connectivity index (χ0v) is 18.9. The molecule has 0 bridgehead atoms. The molecule has 4 aliphatic rings. The van der Waals surface area contributed by atoms with E-state index in [0.29, 0.717) is 16.7 Å². The van der Waals surface area contributed by atoms with Crippen molar-refractivity contribution >= 4 is 0 Å². The molecule has 0 heterocycles. The van der Waals surface area contributed by atoms with E-state index >= 15 is 0 Å². The molecule has 156 valence electrons. The van der Waals surface area contributed by atoms with Crippen molar-refractivity contribution in [2.24, 2.45) is 40.4 Å². The lowest BCUT2D eigenvalue weighted by atomic mass is 9.50. The highest BCUT2D eigenvalue weighted by Crippen LogP contribution is 2.65. The van der Waals surface area contributed by atoms with Crippen LogP contribution in [-0.4, -0.2) is 11.2 Å². The highest BCUT2D eigenvalue weighted by molar-refractivity contribution is 5.39. The number of fused-ring (bicyclic) bond motifs is 5. The van der Waals surface area contributed by atoms with E-state index in [1.807, 2.05) is 0 Å². The zero-order valence-electron chi connectivity index (χ0n) is 18.9. The van der Waals surface area contributed by atoms with Crippen LogP contribution in [0.4, 0.5) is 0 Å². The standard InChI is InChI=1S/C27H42O/c1-18(2)7-6-8-19(3)23-11-12-24-22-10-9-20-17-21(28)13-15-26(20,4)25(22)14-16-27(23,24)5/h6,8-10,18-19,21,23-25,28H,7,11-17H2,1-5H3/t19-,21?,23-,24+,25+,26+,27-/m1/s1. The second-order valence-electron chi connectivity index (χ2n) is 11.4. The van der Waals surface area contributed by atoms with Gasteiger partial charge in [0.05, 0.1) is 6.10 Å². The minimum Gasteiger partial charge on any atom is -0.393 e. The average molecular weight is 383 g/mol. The number of aliphatic hydroxyl groups excluding tert-OH is 1. The predicted octanol–water partition coefficient (Wildman–Crippen LogP) is 7.08. The molecule has 1 unspecified atom stereocenters. The second-order valence-corrected chi connectivity index (χ2v) is 11.4. The fourth-order valence-corrected chi connectivity index (χ4v) is 7.59. The molecule has 1 nitrogen and oxygen atoms in total. The molecule has 0 amide bonds. The van der Waals surface area contributed by atoms with Crippen molar-refractivity contribution in [2.45, 2.75) is 92.1 Å². The van der Waals surface area contributed by atoms with Crippen molar-refractivity contribution in [3.8, 4) is 0 Å². The normalized spacial score (nSPS) is 44.0. The number of allylic oxidation sites excluding steroid dienone is 5. The summed E-state index contributed by atoms with van der Waals surface area (Å²) in [6.07, 6.45) is 19.6. The summed E-state index contributed by atoms with van der Waals surface area (Å²) >= 11 is 0. The van der Waals surface area contributed by atoms with Crippen LogP contribution in [-0.2, 0) is 0 Å². The Kier molecular flexibility index (Phi) is 5.45. The topological polar surface area (TPSA) is 20.2 Å². The molecule has 4 aliphatic carbocycles. The monoisotopic (exact) mass is 382 g/mol. The third-order valence-corrected chi connectivity index (χ3v) is 9.30. The molecule has 0 aromatic rings. The molecular formula is C27H42O. The van der Waals surface area contributed by atoms with E-state index < -0.39 is 0 Å². The van der Waals surface area contributed by atoms with Gasteiger partial charge in [-0.15, -0.1) is 0 Å². The quantitative estimate of drug-likeness (QED) is 0.515. The average Bonchev–Trinajstić information content (AvgIpc) is 2.99. The lowest BCUT2D eigenvalue weighted by Crippen LogP contribution is -2.46.